The highest BCUT2D eigenvalue weighted by Crippen LogP contribution is 2.37. The first-order valence-corrected chi connectivity index (χ1v) is 10.2. The predicted octanol–water partition coefficient (Wildman–Crippen LogP) is 2.81. The second-order valence-corrected chi connectivity index (χ2v) is 8.74. The van der Waals surface area contributed by atoms with Crippen molar-refractivity contribution in [3.8, 4) is 5.75 Å². The first-order chi connectivity index (χ1) is 12.2. The van der Waals surface area contributed by atoms with E-state index in [0.29, 0.717) is 12.0 Å². The van der Waals surface area contributed by atoms with E-state index in [4.69, 9.17) is 4.74 Å². The highest BCUT2D eigenvalue weighted by molar-refractivity contribution is 7.89. The molecule has 5 nitrogen and oxygen atoms in total. The van der Waals surface area contributed by atoms with Crippen molar-refractivity contribution in [2.24, 2.45) is 0 Å². The third-order valence-electron chi connectivity index (χ3n) is 5.02. The Labute approximate surface area is 155 Å². The summed E-state index contributed by atoms with van der Waals surface area (Å²) in [5.41, 5.74) is 2.26. The first-order valence-electron chi connectivity index (χ1n) is 8.72. The van der Waals surface area contributed by atoms with Gasteiger partial charge in [-0.15, -0.1) is 0 Å². The fourth-order valence-electron chi connectivity index (χ4n) is 3.64. The molecule has 0 heterocycles. The van der Waals surface area contributed by atoms with Crippen molar-refractivity contribution in [2.45, 2.75) is 43.6 Å². The van der Waals surface area contributed by atoms with Gasteiger partial charge in [0.1, 0.15) is 11.4 Å². The summed E-state index contributed by atoms with van der Waals surface area (Å²) in [4.78, 5) is 0.248. The zero-order valence-corrected chi connectivity index (χ0v) is 16.2. The number of methoxy groups -OCH3 is 1. The van der Waals surface area contributed by atoms with Crippen molar-refractivity contribution in [1.82, 2.24) is 4.72 Å². The third kappa shape index (κ3) is 3.63. The van der Waals surface area contributed by atoms with Gasteiger partial charge in [0.2, 0.25) is 10.0 Å². The van der Waals surface area contributed by atoms with Crippen LogP contribution in [0.25, 0.3) is 0 Å². The van der Waals surface area contributed by atoms with Crippen LogP contribution in [0.2, 0.25) is 0 Å². The normalized spacial score (nSPS) is 19.8. The van der Waals surface area contributed by atoms with E-state index in [1.165, 1.54) is 0 Å². The van der Waals surface area contributed by atoms with Crippen LogP contribution in [0.15, 0.2) is 41.3 Å². The quantitative estimate of drug-likeness (QED) is 0.843. The molecule has 140 valence electrons. The van der Waals surface area contributed by atoms with Crippen molar-refractivity contribution in [1.29, 1.82) is 0 Å². The second kappa shape index (κ2) is 7.02. The van der Waals surface area contributed by atoms with Crippen molar-refractivity contribution in [3.05, 3.63) is 58.7 Å². The van der Waals surface area contributed by atoms with Gasteiger partial charge >= 0.3 is 0 Å². The maximum atomic E-state index is 12.7. The summed E-state index contributed by atoms with van der Waals surface area (Å²) in [5, 5.41) is 11.1. The summed E-state index contributed by atoms with van der Waals surface area (Å²) in [5.74, 6) is 0.740. The van der Waals surface area contributed by atoms with E-state index in [-0.39, 0.29) is 11.4 Å². The highest BCUT2D eigenvalue weighted by atomic mass is 32.2. The summed E-state index contributed by atoms with van der Waals surface area (Å²) in [7, 11) is -2.09. The smallest absolute Gasteiger partial charge is 0.240 e. The van der Waals surface area contributed by atoms with E-state index in [0.717, 1.165) is 35.3 Å². The van der Waals surface area contributed by atoms with Crippen LogP contribution >= 0.6 is 0 Å². The Morgan fingerprint density at radius 1 is 1.19 bits per heavy atom. The van der Waals surface area contributed by atoms with Crippen LogP contribution in [0.4, 0.5) is 0 Å². The molecule has 1 aliphatic rings. The molecule has 1 atom stereocenters. The number of fused-ring (bicyclic) bond motifs is 1. The Bertz CT molecular complexity index is 923. The van der Waals surface area contributed by atoms with Crippen LogP contribution in [-0.4, -0.2) is 27.2 Å². The molecule has 2 aromatic rings. The number of hydrogen-bond donors (Lipinski definition) is 2. The van der Waals surface area contributed by atoms with Crippen LogP contribution in [-0.2, 0) is 22.0 Å². The van der Waals surface area contributed by atoms with Gasteiger partial charge in [0.05, 0.1) is 12.0 Å². The number of sulfonamides is 1. The molecule has 0 radical (unpaired) electrons. The summed E-state index contributed by atoms with van der Waals surface area (Å²) in [6.07, 6.45) is 2.16. The Kier molecular flexibility index (Phi) is 5.10. The van der Waals surface area contributed by atoms with Crippen molar-refractivity contribution >= 4 is 10.0 Å². The van der Waals surface area contributed by atoms with Crippen LogP contribution < -0.4 is 9.46 Å². The Morgan fingerprint density at radius 3 is 2.65 bits per heavy atom. The Balaban J connectivity index is 1.85. The monoisotopic (exact) mass is 375 g/mol. The van der Waals surface area contributed by atoms with E-state index in [9.17, 15) is 13.5 Å². The minimum absolute atomic E-state index is 0.0536. The molecule has 0 aliphatic heterocycles. The number of hydrogen-bond acceptors (Lipinski definition) is 4. The fraction of sp³-hybridized carbons (Fsp3) is 0.400. The molecule has 0 saturated heterocycles. The first kappa shape index (κ1) is 18.9. The second-order valence-electron chi connectivity index (χ2n) is 7.00. The lowest BCUT2D eigenvalue weighted by molar-refractivity contribution is 0.0242. The van der Waals surface area contributed by atoms with Crippen LogP contribution in [0.1, 0.15) is 35.1 Å². The number of aryl methyl sites for hydroxylation is 3. The maximum Gasteiger partial charge on any atom is 0.240 e. The van der Waals surface area contributed by atoms with Crippen molar-refractivity contribution in [3.63, 3.8) is 0 Å². The molecule has 26 heavy (non-hydrogen) atoms. The standard InChI is InChI=1S/C20H25NO4S/c1-14-6-9-19(15(2)11-14)26(23,24)21-13-20(22)10-4-5-16-12-17(25-3)7-8-18(16)20/h6-9,11-12,21-22H,4-5,10,13H2,1-3H3. The molecule has 0 bridgehead atoms. The number of aliphatic hydroxyl groups is 1. The molecule has 6 heteroatoms. The average molecular weight is 375 g/mol. The molecule has 2 N–H and O–H groups in total. The highest BCUT2D eigenvalue weighted by Gasteiger charge is 2.36. The molecule has 0 spiro atoms. The summed E-state index contributed by atoms with van der Waals surface area (Å²) >= 11 is 0. The average Bonchev–Trinajstić information content (AvgIpc) is 2.60. The molecule has 3 rings (SSSR count). The molecule has 1 unspecified atom stereocenters. The Morgan fingerprint density at radius 2 is 1.96 bits per heavy atom. The van der Waals surface area contributed by atoms with Gasteiger partial charge in [0.25, 0.3) is 0 Å². The van der Waals surface area contributed by atoms with Gasteiger partial charge in [-0.1, -0.05) is 23.8 Å². The van der Waals surface area contributed by atoms with Crippen molar-refractivity contribution < 1.29 is 18.3 Å². The SMILES string of the molecule is COc1ccc2c(c1)CCCC2(O)CNS(=O)(=O)c1ccc(C)cc1C. The molecule has 0 amide bonds. The number of rotatable bonds is 5. The topological polar surface area (TPSA) is 75.6 Å². The zero-order chi connectivity index (χ0) is 18.9. The van der Waals surface area contributed by atoms with Crippen LogP contribution in [0.3, 0.4) is 0 Å². The van der Waals surface area contributed by atoms with Crippen LogP contribution in [0.5, 0.6) is 5.75 Å². The van der Waals surface area contributed by atoms with Gasteiger partial charge in [-0.25, -0.2) is 13.1 Å². The largest absolute Gasteiger partial charge is 0.497 e. The van der Waals surface area contributed by atoms with E-state index >= 15 is 0 Å². The number of ether oxygens (including phenoxy) is 1. The van der Waals surface area contributed by atoms with Gasteiger partial charge in [-0.3, -0.25) is 0 Å². The molecule has 0 saturated carbocycles. The predicted molar refractivity (Wildman–Crippen MR) is 101 cm³/mol. The van der Waals surface area contributed by atoms with E-state index < -0.39 is 15.6 Å². The summed E-state index contributed by atoms with van der Waals surface area (Å²) in [6, 6.07) is 10.8. The van der Waals surface area contributed by atoms with Crippen LogP contribution in [0, 0.1) is 13.8 Å². The number of benzene rings is 2. The molecule has 2 aromatic carbocycles. The van der Waals surface area contributed by atoms with E-state index in [2.05, 4.69) is 4.72 Å². The maximum absolute atomic E-state index is 12.7. The molecule has 0 aromatic heterocycles. The van der Waals surface area contributed by atoms with Gasteiger partial charge < -0.3 is 9.84 Å². The fourth-order valence-corrected chi connectivity index (χ4v) is 4.95. The molecular formula is C20H25NO4S. The zero-order valence-electron chi connectivity index (χ0n) is 15.4. The summed E-state index contributed by atoms with van der Waals surface area (Å²) < 4.78 is 33.3. The van der Waals surface area contributed by atoms with Gasteiger partial charge in [-0.05, 0) is 68.0 Å². The molecule has 0 fully saturated rings. The van der Waals surface area contributed by atoms with Gasteiger partial charge in [0, 0.05) is 6.54 Å². The van der Waals surface area contributed by atoms with E-state index in [1.807, 2.05) is 25.1 Å². The van der Waals surface area contributed by atoms with Gasteiger partial charge in [-0.2, -0.15) is 0 Å². The minimum atomic E-state index is -3.70. The lowest BCUT2D eigenvalue weighted by Crippen LogP contribution is -2.43. The van der Waals surface area contributed by atoms with E-state index in [1.54, 1.807) is 32.2 Å². The molecular weight excluding hydrogens is 350 g/mol. The molecule has 1 aliphatic carbocycles. The third-order valence-corrected chi connectivity index (χ3v) is 6.59. The van der Waals surface area contributed by atoms with Crippen molar-refractivity contribution in [2.75, 3.05) is 13.7 Å². The minimum Gasteiger partial charge on any atom is -0.497 e. The lowest BCUT2D eigenvalue weighted by Gasteiger charge is -2.35. The Hall–Kier alpha value is -1.89. The summed E-state index contributed by atoms with van der Waals surface area (Å²) in [6.45, 7) is 3.65. The van der Waals surface area contributed by atoms with Gasteiger partial charge in [0.15, 0.2) is 0 Å². The lowest BCUT2D eigenvalue weighted by atomic mass is 9.79. The number of nitrogens with one attached hydrogen (secondary N) is 1.